The van der Waals surface area contributed by atoms with Crippen LogP contribution in [-0.2, 0) is 16.1 Å². The Bertz CT molecular complexity index is 428. The molecular weight excluding hydrogens is 352 g/mol. The van der Waals surface area contributed by atoms with Crippen molar-refractivity contribution in [3.8, 4) is 0 Å². The molecule has 0 saturated carbocycles. The molecule has 0 aliphatic heterocycles. The van der Waals surface area contributed by atoms with Gasteiger partial charge < -0.3 is 4.74 Å². The summed E-state index contributed by atoms with van der Waals surface area (Å²) in [6, 6.07) is 7.21. The standard InChI is InChI=1S/C10H7BrCl3NO2/c11-7-3-1-6(2-4-7)5-17-9(15)8(16)10(12,13)14/h1-4,15H,5H2. The molecule has 0 aliphatic carbocycles. The molecule has 1 aromatic carbocycles. The van der Waals surface area contributed by atoms with E-state index in [1.807, 2.05) is 12.1 Å². The fourth-order valence-corrected chi connectivity index (χ4v) is 1.45. The van der Waals surface area contributed by atoms with E-state index in [2.05, 4.69) is 15.9 Å². The second-order valence-corrected chi connectivity index (χ2v) is 6.27. The van der Waals surface area contributed by atoms with Gasteiger partial charge in [0.25, 0.3) is 15.5 Å². The molecule has 1 aromatic rings. The highest BCUT2D eigenvalue weighted by molar-refractivity contribution is 9.10. The molecule has 3 nitrogen and oxygen atoms in total. The molecule has 0 bridgehead atoms. The lowest BCUT2D eigenvalue weighted by Gasteiger charge is -2.11. The van der Waals surface area contributed by atoms with E-state index in [4.69, 9.17) is 44.9 Å². The molecule has 0 unspecified atom stereocenters. The quantitative estimate of drug-likeness (QED) is 0.506. The third-order valence-corrected chi connectivity index (χ3v) is 2.80. The van der Waals surface area contributed by atoms with Crippen LogP contribution in [0, 0.1) is 5.41 Å². The normalized spacial score (nSPS) is 11.1. The highest BCUT2D eigenvalue weighted by atomic mass is 79.9. The summed E-state index contributed by atoms with van der Waals surface area (Å²) < 4.78 is 3.69. The maximum absolute atomic E-state index is 11.3. The van der Waals surface area contributed by atoms with Gasteiger partial charge in [0.2, 0.25) is 0 Å². The first-order chi connectivity index (χ1) is 7.80. The first-order valence-electron chi connectivity index (χ1n) is 4.38. The van der Waals surface area contributed by atoms with Crippen molar-refractivity contribution < 1.29 is 9.53 Å². The number of carbonyl (C=O) groups excluding carboxylic acids is 1. The minimum absolute atomic E-state index is 0.0681. The van der Waals surface area contributed by atoms with Gasteiger partial charge in [-0.25, -0.2) is 0 Å². The van der Waals surface area contributed by atoms with Crippen molar-refractivity contribution in [2.24, 2.45) is 0 Å². The van der Waals surface area contributed by atoms with Crippen molar-refractivity contribution in [1.82, 2.24) is 0 Å². The summed E-state index contributed by atoms with van der Waals surface area (Å²) in [6.45, 7) is 0.0681. The van der Waals surface area contributed by atoms with Crippen LogP contribution in [-0.4, -0.2) is 15.5 Å². The Balaban J connectivity index is 2.54. The van der Waals surface area contributed by atoms with Crippen LogP contribution in [0.25, 0.3) is 0 Å². The molecular formula is C10H7BrCl3NO2. The smallest absolute Gasteiger partial charge is 0.267 e. The number of hydrogen-bond donors (Lipinski definition) is 1. The summed E-state index contributed by atoms with van der Waals surface area (Å²) in [6.07, 6.45) is 0. The number of ether oxygens (including phenoxy) is 1. The molecule has 0 amide bonds. The van der Waals surface area contributed by atoms with Gasteiger partial charge >= 0.3 is 0 Å². The topological polar surface area (TPSA) is 50.1 Å². The first-order valence-corrected chi connectivity index (χ1v) is 6.30. The first kappa shape index (κ1) is 14.8. The summed E-state index contributed by atoms with van der Waals surface area (Å²) in [7, 11) is 0. The third kappa shape index (κ3) is 4.84. The van der Waals surface area contributed by atoms with Crippen LogP contribution in [0.1, 0.15) is 5.56 Å². The van der Waals surface area contributed by atoms with E-state index >= 15 is 0 Å². The number of benzene rings is 1. The number of ketones is 1. The number of hydrogen-bond acceptors (Lipinski definition) is 3. The van der Waals surface area contributed by atoms with Gasteiger partial charge in [-0.3, -0.25) is 10.2 Å². The maximum Gasteiger partial charge on any atom is 0.267 e. The van der Waals surface area contributed by atoms with Crippen molar-refractivity contribution in [1.29, 1.82) is 5.41 Å². The van der Waals surface area contributed by atoms with Crippen molar-refractivity contribution in [3.63, 3.8) is 0 Å². The van der Waals surface area contributed by atoms with E-state index in [1.54, 1.807) is 12.1 Å². The van der Waals surface area contributed by atoms with E-state index in [9.17, 15) is 4.79 Å². The highest BCUT2D eigenvalue weighted by Gasteiger charge is 2.35. The molecule has 1 N–H and O–H groups in total. The molecule has 92 valence electrons. The number of halogens is 4. The van der Waals surface area contributed by atoms with Gasteiger partial charge in [0.1, 0.15) is 6.61 Å². The van der Waals surface area contributed by atoms with Gasteiger partial charge in [0, 0.05) is 4.47 Å². The highest BCUT2D eigenvalue weighted by Crippen LogP contribution is 2.27. The molecule has 0 aromatic heterocycles. The lowest BCUT2D eigenvalue weighted by molar-refractivity contribution is -0.113. The lowest BCUT2D eigenvalue weighted by Crippen LogP contribution is -2.29. The fourth-order valence-electron chi connectivity index (χ4n) is 0.930. The molecule has 0 radical (unpaired) electrons. The van der Waals surface area contributed by atoms with E-state index in [0.29, 0.717) is 0 Å². The number of alkyl halides is 3. The maximum atomic E-state index is 11.3. The van der Waals surface area contributed by atoms with Gasteiger partial charge in [-0.05, 0) is 17.7 Å². The number of carbonyl (C=O) groups is 1. The molecule has 0 aliphatic rings. The number of Topliss-reactive ketones (excluding diaryl/α,β-unsaturated/α-hetero) is 1. The van der Waals surface area contributed by atoms with Crippen LogP contribution < -0.4 is 0 Å². The van der Waals surface area contributed by atoms with Crippen LogP contribution in [0.2, 0.25) is 0 Å². The Morgan fingerprint density at radius 1 is 1.29 bits per heavy atom. The zero-order chi connectivity index (χ0) is 13.1. The van der Waals surface area contributed by atoms with Gasteiger partial charge in [-0.1, -0.05) is 62.9 Å². The van der Waals surface area contributed by atoms with Gasteiger partial charge in [0.05, 0.1) is 0 Å². The Labute approximate surface area is 122 Å². The zero-order valence-corrected chi connectivity index (χ0v) is 12.2. The van der Waals surface area contributed by atoms with Gasteiger partial charge in [-0.15, -0.1) is 0 Å². The van der Waals surface area contributed by atoms with E-state index < -0.39 is 15.5 Å². The van der Waals surface area contributed by atoms with Crippen molar-refractivity contribution in [2.45, 2.75) is 10.4 Å². The SMILES string of the molecule is N=C(OCc1ccc(Br)cc1)C(=O)C(Cl)(Cl)Cl. The Hall–Kier alpha value is -0.290. The van der Waals surface area contributed by atoms with Crippen LogP contribution in [0.4, 0.5) is 0 Å². The molecule has 17 heavy (non-hydrogen) atoms. The number of rotatable bonds is 3. The summed E-state index contributed by atoms with van der Waals surface area (Å²) in [4.78, 5) is 11.3. The second-order valence-electron chi connectivity index (χ2n) is 3.07. The average molecular weight is 359 g/mol. The average Bonchev–Trinajstić information content (AvgIpc) is 2.25. The van der Waals surface area contributed by atoms with Crippen molar-refractivity contribution >= 4 is 62.4 Å². The predicted octanol–water partition coefficient (Wildman–Crippen LogP) is 3.88. The van der Waals surface area contributed by atoms with Crippen LogP contribution in [0.5, 0.6) is 0 Å². The van der Waals surface area contributed by atoms with Crippen LogP contribution in [0.3, 0.4) is 0 Å². The number of nitrogens with one attached hydrogen (secondary N) is 1. The summed E-state index contributed by atoms with van der Waals surface area (Å²) in [5.41, 5.74) is 0.801. The Morgan fingerprint density at radius 2 is 1.82 bits per heavy atom. The summed E-state index contributed by atoms with van der Waals surface area (Å²) >= 11 is 19.3. The molecule has 1 rings (SSSR count). The molecule has 0 spiro atoms. The minimum atomic E-state index is -2.16. The monoisotopic (exact) mass is 357 g/mol. The van der Waals surface area contributed by atoms with Crippen molar-refractivity contribution in [3.05, 3.63) is 34.3 Å². The lowest BCUT2D eigenvalue weighted by atomic mass is 10.2. The second kappa shape index (κ2) is 6.05. The zero-order valence-electron chi connectivity index (χ0n) is 8.34. The van der Waals surface area contributed by atoms with Crippen LogP contribution in [0.15, 0.2) is 28.7 Å². The fraction of sp³-hybridized carbons (Fsp3) is 0.200. The van der Waals surface area contributed by atoms with Crippen molar-refractivity contribution in [2.75, 3.05) is 0 Å². The third-order valence-electron chi connectivity index (χ3n) is 1.76. The van der Waals surface area contributed by atoms with Gasteiger partial charge in [0.15, 0.2) is 0 Å². The van der Waals surface area contributed by atoms with Crippen LogP contribution >= 0.6 is 50.7 Å². The van der Waals surface area contributed by atoms with E-state index in [1.165, 1.54) is 0 Å². The summed E-state index contributed by atoms with van der Waals surface area (Å²) in [5.74, 6) is -1.66. The molecule has 0 heterocycles. The molecule has 0 atom stereocenters. The minimum Gasteiger partial charge on any atom is -0.471 e. The molecule has 0 fully saturated rings. The largest absolute Gasteiger partial charge is 0.471 e. The molecule has 7 heteroatoms. The van der Waals surface area contributed by atoms with E-state index in [-0.39, 0.29) is 6.61 Å². The molecule has 0 saturated heterocycles. The predicted molar refractivity (Wildman–Crippen MR) is 72.0 cm³/mol. The van der Waals surface area contributed by atoms with E-state index in [0.717, 1.165) is 10.0 Å². The van der Waals surface area contributed by atoms with Gasteiger partial charge in [-0.2, -0.15) is 0 Å². The Morgan fingerprint density at radius 3 is 2.29 bits per heavy atom. The Kier molecular flexibility index (Phi) is 5.25. The summed E-state index contributed by atoms with van der Waals surface area (Å²) in [5, 5.41) is 7.31.